The van der Waals surface area contributed by atoms with Crippen LogP contribution in [0.1, 0.15) is 69.7 Å². The lowest BCUT2D eigenvalue weighted by Gasteiger charge is -2.31. The second-order valence-corrected chi connectivity index (χ2v) is 11.1. The van der Waals surface area contributed by atoms with Crippen LogP contribution in [-0.2, 0) is 41.2 Å². The Balaban J connectivity index is 1.42. The van der Waals surface area contributed by atoms with Crippen molar-refractivity contribution in [3.05, 3.63) is 73.3 Å². The third-order valence-corrected chi connectivity index (χ3v) is 8.88. The molecule has 0 fully saturated rings. The number of rotatable bonds is 5. The standard InChI is InChI=1S/C29H26F2N6O6/c1-3-29(42)16-8-20-23-14(10-36(20)27(40)15(16)11-43-28(29)41)22-18(33-26(39)24-25(31)37(6-7-38)35-34-24)5-4-13-12(2)17(30)9-19(32-23)21(13)22/h8-9,18,38,42H,3-7,10-11H2,1-2H3,(H,33,39)/t18-,29-/m0/s1. The Kier molecular flexibility index (Phi) is 6.01. The summed E-state index contributed by atoms with van der Waals surface area (Å²) in [4.78, 5) is 44.3. The second kappa shape index (κ2) is 9.47. The van der Waals surface area contributed by atoms with Crippen LogP contribution in [0.2, 0.25) is 0 Å². The molecular formula is C29H26F2N6O6. The number of aromatic nitrogens is 5. The van der Waals surface area contributed by atoms with Crippen molar-refractivity contribution in [3.63, 3.8) is 0 Å². The molecule has 0 spiro atoms. The summed E-state index contributed by atoms with van der Waals surface area (Å²) in [5.41, 5.74) is 0.731. The first kappa shape index (κ1) is 27.3. The Morgan fingerprint density at radius 3 is 2.77 bits per heavy atom. The number of benzene rings is 1. The molecule has 0 radical (unpaired) electrons. The fourth-order valence-corrected chi connectivity index (χ4v) is 6.60. The quantitative estimate of drug-likeness (QED) is 0.258. The highest BCUT2D eigenvalue weighted by molar-refractivity contribution is 5.96. The average Bonchev–Trinajstić information content (AvgIpc) is 3.55. The number of nitrogens with one attached hydrogen (secondary N) is 1. The summed E-state index contributed by atoms with van der Waals surface area (Å²) in [7, 11) is 0. The Labute approximate surface area is 241 Å². The predicted molar refractivity (Wildman–Crippen MR) is 145 cm³/mol. The molecule has 3 aliphatic rings. The number of fused-ring (bicyclic) bond motifs is 5. The number of nitrogens with zero attached hydrogens (tertiary/aromatic N) is 5. The lowest BCUT2D eigenvalue weighted by atomic mass is 9.81. The molecule has 2 aliphatic heterocycles. The van der Waals surface area contributed by atoms with E-state index in [0.717, 1.165) is 10.2 Å². The van der Waals surface area contributed by atoms with Gasteiger partial charge in [0, 0.05) is 22.6 Å². The van der Waals surface area contributed by atoms with Crippen molar-refractivity contribution in [1.82, 2.24) is 29.9 Å². The van der Waals surface area contributed by atoms with E-state index >= 15 is 4.39 Å². The van der Waals surface area contributed by atoms with E-state index < -0.39 is 53.1 Å². The number of hydrogen-bond donors (Lipinski definition) is 3. The molecule has 1 aromatic carbocycles. The first-order valence-corrected chi connectivity index (χ1v) is 13.9. The largest absolute Gasteiger partial charge is 0.458 e. The molecule has 0 saturated heterocycles. The molecule has 43 heavy (non-hydrogen) atoms. The van der Waals surface area contributed by atoms with E-state index in [-0.39, 0.29) is 37.2 Å². The molecule has 1 aliphatic carbocycles. The summed E-state index contributed by atoms with van der Waals surface area (Å²) in [6.45, 7) is 2.49. The number of aliphatic hydroxyl groups excluding tert-OH is 1. The van der Waals surface area contributed by atoms with E-state index in [1.165, 1.54) is 10.6 Å². The van der Waals surface area contributed by atoms with Crippen LogP contribution in [0, 0.1) is 18.7 Å². The molecule has 0 unspecified atom stereocenters. The highest BCUT2D eigenvalue weighted by atomic mass is 19.1. The van der Waals surface area contributed by atoms with Gasteiger partial charge in [0.15, 0.2) is 5.60 Å². The minimum Gasteiger partial charge on any atom is -0.458 e. The van der Waals surface area contributed by atoms with Gasteiger partial charge in [-0.3, -0.25) is 9.59 Å². The fraction of sp³-hybridized carbons (Fsp3) is 0.379. The molecule has 3 aromatic heterocycles. The summed E-state index contributed by atoms with van der Waals surface area (Å²) in [6.07, 6.45) is 0.732. The normalized spacial score (nSPS) is 20.0. The van der Waals surface area contributed by atoms with Crippen molar-refractivity contribution < 1.29 is 33.3 Å². The van der Waals surface area contributed by atoms with Gasteiger partial charge in [-0.15, -0.1) is 5.10 Å². The molecule has 7 rings (SSSR count). The molecule has 222 valence electrons. The minimum atomic E-state index is -2.01. The number of esters is 1. The van der Waals surface area contributed by atoms with E-state index in [1.807, 2.05) is 0 Å². The van der Waals surface area contributed by atoms with Crippen molar-refractivity contribution in [2.24, 2.45) is 0 Å². The zero-order valence-electron chi connectivity index (χ0n) is 23.2. The van der Waals surface area contributed by atoms with Crippen LogP contribution in [0.15, 0.2) is 16.9 Å². The molecule has 0 saturated carbocycles. The van der Waals surface area contributed by atoms with Crippen molar-refractivity contribution >= 4 is 22.8 Å². The van der Waals surface area contributed by atoms with Gasteiger partial charge in [0.05, 0.1) is 48.2 Å². The second-order valence-electron chi connectivity index (χ2n) is 11.1. The number of hydrogen-bond acceptors (Lipinski definition) is 9. The van der Waals surface area contributed by atoms with E-state index in [1.54, 1.807) is 19.9 Å². The molecule has 5 heterocycles. The zero-order valence-corrected chi connectivity index (χ0v) is 23.2. The van der Waals surface area contributed by atoms with Crippen molar-refractivity contribution in [2.75, 3.05) is 6.61 Å². The molecule has 0 bridgehead atoms. The van der Waals surface area contributed by atoms with Crippen LogP contribution in [0.3, 0.4) is 0 Å². The Hall–Kier alpha value is -4.56. The maximum atomic E-state index is 15.1. The molecule has 12 nitrogen and oxygen atoms in total. The first-order valence-electron chi connectivity index (χ1n) is 13.9. The Morgan fingerprint density at radius 1 is 1.23 bits per heavy atom. The van der Waals surface area contributed by atoms with Gasteiger partial charge in [-0.1, -0.05) is 12.1 Å². The topological polar surface area (TPSA) is 161 Å². The van der Waals surface area contributed by atoms with E-state index in [9.17, 15) is 23.9 Å². The van der Waals surface area contributed by atoms with Gasteiger partial charge in [-0.25, -0.2) is 18.9 Å². The smallest absolute Gasteiger partial charge is 0.343 e. The number of aliphatic hydroxyl groups is 2. The number of amides is 1. The van der Waals surface area contributed by atoms with Crippen molar-refractivity contribution in [2.45, 2.75) is 64.4 Å². The number of halogens is 2. The SMILES string of the molecule is CC[C@@]1(O)C(=O)OCc2c1cc1n(c2=O)Cc2c-1nc1cc(F)c(C)c3c1c2[C@@H](NC(=O)c1nnn(CCO)c1F)CC3. The summed E-state index contributed by atoms with van der Waals surface area (Å²) < 4.78 is 37.3. The summed E-state index contributed by atoms with van der Waals surface area (Å²) in [5, 5.41) is 31.1. The first-order chi connectivity index (χ1) is 20.6. The van der Waals surface area contributed by atoms with Gasteiger partial charge in [0.2, 0.25) is 11.6 Å². The average molecular weight is 593 g/mol. The Morgan fingerprint density at radius 2 is 2.02 bits per heavy atom. The number of cyclic esters (lactones) is 1. The number of aryl methyl sites for hydroxylation is 1. The zero-order chi connectivity index (χ0) is 30.4. The van der Waals surface area contributed by atoms with E-state index in [0.29, 0.717) is 51.8 Å². The fourth-order valence-electron chi connectivity index (χ4n) is 6.60. The van der Waals surface area contributed by atoms with Gasteiger partial charge < -0.3 is 24.8 Å². The molecular weight excluding hydrogens is 566 g/mol. The molecule has 14 heteroatoms. The Bertz CT molecular complexity index is 1970. The molecule has 3 N–H and O–H groups in total. The van der Waals surface area contributed by atoms with Gasteiger partial charge >= 0.3 is 5.97 Å². The van der Waals surface area contributed by atoms with Crippen LogP contribution >= 0.6 is 0 Å². The van der Waals surface area contributed by atoms with Crippen LogP contribution in [0.5, 0.6) is 0 Å². The summed E-state index contributed by atoms with van der Waals surface area (Å²) in [6, 6.07) is 2.19. The van der Waals surface area contributed by atoms with Crippen molar-refractivity contribution in [1.29, 1.82) is 0 Å². The molecule has 4 aromatic rings. The lowest BCUT2D eigenvalue weighted by molar-refractivity contribution is -0.172. The van der Waals surface area contributed by atoms with E-state index in [2.05, 4.69) is 15.6 Å². The van der Waals surface area contributed by atoms with E-state index in [4.69, 9.17) is 14.8 Å². The predicted octanol–water partition coefficient (Wildman–Crippen LogP) is 1.67. The van der Waals surface area contributed by atoms with Crippen LogP contribution in [0.25, 0.3) is 22.3 Å². The number of pyridine rings is 2. The highest BCUT2D eigenvalue weighted by Gasteiger charge is 2.46. The van der Waals surface area contributed by atoms with Crippen LogP contribution in [0.4, 0.5) is 8.78 Å². The van der Waals surface area contributed by atoms with Gasteiger partial charge in [0.25, 0.3) is 11.5 Å². The van der Waals surface area contributed by atoms with Crippen LogP contribution < -0.4 is 10.9 Å². The number of carbonyl (C=O) groups excluding carboxylic acids is 2. The summed E-state index contributed by atoms with van der Waals surface area (Å²) in [5.74, 6) is -3.11. The monoisotopic (exact) mass is 592 g/mol. The minimum absolute atomic E-state index is 0.0214. The maximum absolute atomic E-state index is 15.1. The summed E-state index contributed by atoms with van der Waals surface area (Å²) >= 11 is 0. The van der Waals surface area contributed by atoms with Crippen LogP contribution in [-0.4, -0.2) is 53.2 Å². The van der Waals surface area contributed by atoms with Gasteiger partial charge in [0.1, 0.15) is 12.4 Å². The van der Waals surface area contributed by atoms with Crippen molar-refractivity contribution in [3.8, 4) is 11.4 Å². The van der Waals surface area contributed by atoms with Gasteiger partial charge in [-0.2, -0.15) is 4.39 Å². The third-order valence-electron chi connectivity index (χ3n) is 8.88. The maximum Gasteiger partial charge on any atom is 0.343 e. The molecule has 2 atom stereocenters. The number of carbonyl (C=O) groups is 2. The third kappa shape index (κ3) is 3.72. The number of ether oxygens (including phenoxy) is 1. The highest BCUT2D eigenvalue weighted by Crippen LogP contribution is 2.46. The lowest BCUT2D eigenvalue weighted by Crippen LogP contribution is -2.44. The molecule has 1 amide bonds. The van der Waals surface area contributed by atoms with Gasteiger partial charge in [-0.05, 0) is 48.9 Å².